The number of hydrogen-bond acceptors (Lipinski definition) is 1. The first-order valence-electron chi connectivity index (χ1n) is 14.1. The van der Waals surface area contributed by atoms with Crippen molar-refractivity contribution >= 4 is 41.9 Å². The monoisotopic (exact) mass is 574 g/mol. The normalized spacial score (nSPS) is 12.0. The lowest BCUT2D eigenvalue weighted by molar-refractivity contribution is 0.591. The molecule has 0 fully saturated rings. The smallest absolute Gasteiger partial charge is 0.179 e. The summed E-state index contributed by atoms with van der Waals surface area (Å²) in [7, 11) is -4.61. The van der Waals surface area contributed by atoms with Gasteiger partial charge in [-0.3, -0.25) is 0 Å². The first-order chi connectivity index (χ1) is 20.7. The number of rotatable bonds is 6. The third-order valence-electron chi connectivity index (χ3n) is 7.70. The van der Waals surface area contributed by atoms with Crippen LogP contribution in [0.4, 0.5) is 0 Å². The van der Waals surface area contributed by atoms with Crippen molar-refractivity contribution in [2.75, 3.05) is 0 Å². The first-order valence-corrected chi connectivity index (χ1v) is 17.1. The summed E-state index contributed by atoms with van der Waals surface area (Å²) >= 11 is 0. The fraction of sp³-hybridized carbons (Fsp3) is 0. The fourth-order valence-electron chi connectivity index (χ4n) is 5.76. The number of hydrogen-bond donors (Lipinski definition) is 0. The van der Waals surface area contributed by atoms with Gasteiger partial charge in [-0.25, -0.2) is 0 Å². The van der Waals surface area contributed by atoms with Crippen LogP contribution >= 0.6 is 15.1 Å². The average molecular weight is 575 g/mol. The van der Waals surface area contributed by atoms with Crippen LogP contribution in [-0.2, 0) is 4.57 Å². The summed E-state index contributed by atoms with van der Waals surface area (Å²) < 4.78 is 16.2. The Labute approximate surface area is 248 Å². The van der Waals surface area contributed by atoms with E-state index in [-0.39, 0.29) is 0 Å². The molecule has 0 amide bonds. The molecule has 6 aromatic carbocycles. The van der Waals surface area contributed by atoms with Crippen LogP contribution in [0.15, 0.2) is 181 Å². The van der Waals surface area contributed by atoms with Crippen molar-refractivity contribution in [3.63, 3.8) is 0 Å². The highest BCUT2D eigenvalue weighted by Crippen LogP contribution is 2.65. The van der Waals surface area contributed by atoms with Gasteiger partial charge in [-0.15, -0.1) is 0 Å². The molecule has 42 heavy (non-hydrogen) atoms. The zero-order valence-corrected chi connectivity index (χ0v) is 24.8. The number of fused-ring (bicyclic) bond motifs is 3. The summed E-state index contributed by atoms with van der Waals surface area (Å²) in [5, 5.41) is 4.77. The van der Waals surface area contributed by atoms with Gasteiger partial charge >= 0.3 is 0 Å². The number of benzene rings is 6. The summed E-state index contributed by atoms with van der Waals surface area (Å²) in [5.41, 5.74) is 9.59. The Bertz CT molecular complexity index is 1840. The average Bonchev–Trinajstić information content (AvgIpc) is 3.39. The van der Waals surface area contributed by atoms with Gasteiger partial charge in [0.1, 0.15) is 0 Å². The van der Waals surface area contributed by atoms with Gasteiger partial charge in [0.15, 0.2) is 7.14 Å². The molecule has 6 aromatic rings. The molecular weight excluding hydrogens is 546 g/mol. The summed E-state index contributed by atoms with van der Waals surface area (Å²) in [6, 6.07) is 58.1. The van der Waals surface area contributed by atoms with Gasteiger partial charge in [0.2, 0.25) is 0 Å². The maximum atomic E-state index is 16.2. The highest BCUT2D eigenvalue weighted by molar-refractivity contribution is 7.97. The molecule has 0 radical (unpaired) electrons. The minimum absolute atomic E-state index is 0.818. The maximum Gasteiger partial charge on any atom is 0.179 e. The van der Waals surface area contributed by atoms with Crippen LogP contribution in [0.3, 0.4) is 0 Å². The maximum absolute atomic E-state index is 16.2. The highest BCUT2D eigenvalue weighted by Gasteiger charge is 2.38. The predicted molar refractivity (Wildman–Crippen MR) is 180 cm³/mol. The zero-order valence-electron chi connectivity index (χ0n) is 23.0. The molecule has 0 saturated carbocycles. The van der Waals surface area contributed by atoms with Crippen LogP contribution in [0.2, 0.25) is 0 Å². The minimum atomic E-state index is -3.38. The molecule has 0 aromatic heterocycles. The standard InChI is InChI=1S/C39H28OP2/c40-42(32-21-9-3-10-22-32,33-23-11-4-12-24-33)39(41(30-17-5-1-6-18-30)31-19-7-2-8-20-31)29-38-36-27-15-13-25-34(36)35-26-14-16-28-37(35)38/h1-28H. The largest absolute Gasteiger partial charge is 0.308 e. The van der Waals surface area contributed by atoms with Crippen LogP contribution < -0.4 is 21.2 Å². The summed E-state index contributed by atoms with van der Waals surface area (Å²) in [6.45, 7) is 0. The summed E-state index contributed by atoms with van der Waals surface area (Å²) in [6.07, 6.45) is 0. The Morgan fingerprint density at radius 2 is 0.762 bits per heavy atom. The van der Waals surface area contributed by atoms with Crippen LogP contribution in [0.5, 0.6) is 0 Å². The van der Waals surface area contributed by atoms with E-state index >= 15 is 4.57 Å². The molecule has 0 unspecified atom stereocenters. The Morgan fingerprint density at radius 3 is 1.17 bits per heavy atom. The molecule has 0 saturated heterocycles. The van der Waals surface area contributed by atoms with Gasteiger partial charge in [0.25, 0.3) is 0 Å². The molecule has 0 heterocycles. The van der Waals surface area contributed by atoms with E-state index in [1.54, 1.807) is 0 Å². The van der Waals surface area contributed by atoms with Gasteiger partial charge < -0.3 is 4.57 Å². The molecule has 200 valence electrons. The van der Waals surface area contributed by atoms with Crippen LogP contribution in [0, 0.1) is 0 Å². The van der Waals surface area contributed by atoms with E-state index in [1.165, 1.54) is 11.1 Å². The van der Waals surface area contributed by atoms with Crippen molar-refractivity contribution in [3.8, 4) is 11.1 Å². The third kappa shape index (κ3) is 4.63. The Balaban J connectivity index is 1.67. The molecule has 0 spiro atoms. The van der Waals surface area contributed by atoms with Gasteiger partial charge in [-0.2, -0.15) is 0 Å². The lowest BCUT2D eigenvalue weighted by Crippen LogP contribution is -2.21. The van der Waals surface area contributed by atoms with E-state index in [9.17, 15) is 0 Å². The van der Waals surface area contributed by atoms with E-state index in [2.05, 4.69) is 103 Å². The molecule has 0 atom stereocenters. The molecule has 0 aliphatic heterocycles. The van der Waals surface area contributed by atoms with Gasteiger partial charge in [-0.05, 0) is 40.8 Å². The quantitative estimate of drug-likeness (QED) is 0.143. The Hall–Kier alpha value is -4.50. The van der Waals surface area contributed by atoms with E-state index in [1.807, 2.05) is 72.8 Å². The molecule has 7 rings (SSSR count). The zero-order chi connectivity index (χ0) is 28.4. The van der Waals surface area contributed by atoms with Crippen LogP contribution in [0.25, 0.3) is 16.7 Å². The minimum Gasteiger partial charge on any atom is -0.308 e. The molecule has 3 heteroatoms. The van der Waals surface area contributed by atoms with E-state index in [0.717, 1.165) is 43.0 Å². The second kappa shape index (κ2) is 11.4. The van der Waals surface area contributed by atoms with E-state index in [0.29, 0.717) is 0 Å². The van der Waals surface area contributed by atoms with Gasteiger partial charge in [0.05, 0.1) is 5.06 Å². The predicted octanol–water partition coefficient (Wildman–Crippen LogP) is 8.69. The van der Waals surface area contributed by atoms with Gasteiger partial charge in [0, 0.05) is 16.2 Å². The summed E-state index contributed by atoms with van der Waals surface area (Å²) in [4.78, 5) is 0. The lowest BCUT2D eigenvalue weighted by atomic mass is 10.1. The lowest BCUT2D eigenvalue weighted by Gasteiger charge is -2.28. The van der Waals surface area contributed by atoms with Gasteiger partial charge in [-0.1, -0.05) is 176 Å². The van der Waals surface area contributed by atoms with Crippen molar-refractivity contribution in [1.82, 2.24) is 0 Å². The highest BCUT2D eigenvalue weighted by atomic mass is 31.2. The second-order valence-electron chi connectivity index (χ2n) is 10.2. The van der Waals surface area contributed by atoms with Crippen molar-refractivity contribution in [2.24, 2.45) is 0 Å². The topological polar surface area (TPSA) is 17.1 Å². The first kappa shape index (κ1) is 26.4. The molecule has 1 aliphatic carbocycles. The van der Waals surface area contributed by atoms with E-state index < -0.39 is 15.1 Å². The Kier molecular flexibility index (Phi) is 7.17. The van der Waals surface area contributed by atoms with Crippen LogP contribution in [0.1, 0.15) is 11.1 Å². The molecule has 1 aliphatic rings. The fourth-order valence-corrected chi connectivity index (χ4v) is 12.5. The third-order valence-corrected chi connectivity index (χ3v) is 14.1. The second-order valence-corrected chi connectivity index (χ2v) is 15.4. The SMILES string of the molecule is O=P(C(=C=C1c2ccccc2-c2ccccc21)P(c1ccccc1)c1ccccc1)(c1ccccc1)c1ccccc1. The van der Waals surface area contributed by atoms with Crippen molar-refractivity contribution in [1.29, 1.82) is 0 Å². The van der Waals surface area contributed by atoms with Crippen LogP contribution in [-0.4, -0.2) is 0 Å². The molecule has 0 N–H and O–H groups in total. The molecular formula is C39H28OP2. The van der Waals surface area contributed by atoms with E-state index in [4.69, 9.17) is 0 Å². The van der Waals surface area contributed by atoms with Crippen molar-refractivity contribution in [2.45, 2.75) is 0 Å². The van der Waals surface area contributed by atoms with Crippen molar-refractivity contribution < 1.29 is 4.57 Å². The Morgan fingerprint density at radius 1 is 0.429 bits per heavy atom. The molecule has 0 bridgehead atoms. The summed E-state index contributed by atoms with van der Waals surface area (Å²) in [5.74, 6) is 0. The molecule has 1 nitrogen and oxygen atoms in total. The van der Waals surface area contributed by atoms with Crippen molar-refractivity contribution in [3.05, 3.63) is 192 Å².